The van der Waals surface area contributed by atoms with Crippen LogP contribution in [0.2, 0.25) is 0 Å². The third-order valence-electron chi connectivity index (χ3n) is 1.40. The highest BCUT2D eigenvalue weighted by Gasteiger charge is 2.56. The van der Waals surface area contributed by atoms with Crippen LogP contribution in [0.25, 0.3) is 0 Å². The Morgan fingerprint density at radius 2 is 1.79 bits per heavy atom. The van der Waals surface area contributed by atoms with Crippen molar-refractivity contribution < 1.29 is 27.1 Å². The van der Waals surface area contributed by atoms with Crippen molar-refractivity contribution in [1.29, 1.82) is 0 Å². The van der Waals surface area contributed by atoms with Gasteiger partial charge in [0.25, 0.3) is 0 Å². The van der Waals surface area contributed by atoms with E-state index in [1.165, 1.54) is 29.5 Å². The minimum absolute atomic E-state index is 0.0860. The van der Waals surface area contributed by atoms with Gasteiger partial charge >= 0.3 is 12.1 Å². The molecule has 0 spiro atoms. The van der Waals surface area contributed by atoms with Gasteiger partial charge in [-0.15, -0.1) is 0 Å². The average Bonchev–Trinajstić information content (AvgIpc) is 2.00. The molecule has 0 saturated heterocycles. The number of aliphatic hydroxyl groups excluding tert-OH is 1. The molecule has 0 aliphatic carbocycles. The highest BCUT2D eigenvalue weighted by molar-refractivity contribution is 14.1. The lowest BCUT2D eigenvalue weighted by Crippen LogP contribution is -2.34. The molecule has 0 fully saturated rings. The molecular formula is C7H8F5IO. The number of allylic oxidation sites excluding steroid dienone is 1. The summed E-state index contributed by atoms with van der Waals surface area (Å²) in [6.45, 7) is 1.48. The van der Waals surface area contributed by atoms with E-state index >= 15 is 0 Å². The summed E-state index contributed by atoms with van der Waals surface area (Å²) in [6, 6.07) is 0. The van der Waals surface area contributed by atoms with Gasteiger partial charge in [-0.1, -0.05) is 6.92 Å². The topological polar surface area (TPSA) is 20.2 Å². The van der Waals surface area contributed by atoms with Gasteiger partial charge in [-0.05, 0) is 29.0 Å². The molecule has 0 aromatic heterocycles. The van der Waals surface area contributed by atoms with Gasteiger partial charge in [-0.3, -0.25) is 0 Å². The first kappa shape index (κ1) is 14.1. The van der Waals surface area contributed by atoms with E-state index in [2.05, 4.69) is 0 Å². The quantitative estimate of drug-likeness (QED) is 0.622. The van der Waals surface area contributed by atoms with Crippen LogP contribution in [0.1, 0.15) is 13.3 Å². The molecule has 0 amide bonds. The van der Waals surface area contributed by atoms with Gasteiger partial charge in [0.05, 0.1) is 6.10 Å². The summed E-state index contributed by atoms with van der Waals surface area (Å²) in [5, 5.41) is 8.98. The average molecular weight is 330 g/mol. The summed E-state index contributed by atoms with van der Waals surface area (Å²) in [7, 11) is 0. The first-order valence-corrected chi connectivity index (χ1v) is 4.70. The van der Waals surface area contributed by atoms with Crippen molar-refractivity contribution in [3.63, 3.8) is 0 Å². The van der Waals surface area contributed by atoms with Crippen molar-refractivity contribution in [3.05, 3.63) is 9.66 Å². The number of hydrogen-bond acceptors (Lipinski definition) is 1. The fraction of sp³-hybridized carbons (Fsp3) is 0.714. The number of aliphatic hydroxyl groups is 1. The molecule has 0 rings (SSSR count). The molecule has 0 aromatic carbocycles. The Morgan fingerprint density at radius 1 is 1.36 bits per heavy atom. The zero-order chi connectivity index (χ0) is 11.6. The van der Waals surface area contributed by atoms with Gasteiger partial charge < -0.3 is 5.11 Å². The zero-order valence-electron chi connectivity index (χ0n) is 7.08. The van der Waals surface area contributed by atoms with Crippen molar-refractivity contribution in [3.8, 4) is 0 Å². The third kappa shape index (κ3) is 3.68. The predicted octanol–water partition coefficient (Wildman–Crippen LogP) is 3.27. The normalized spacial score (nSPS) is 17.0. The van der Waals surface area contributed by atoms with E-state index in [9.17, 15) is 22.0 Å². The molecule has 0 heterocycles. The van der Waals surface area contributed by atoms with Crippen LogP contribution < -0.4 is 0 Å². The maximum Gasteiger partial charge on any atom is 0.457 e. The molecule has 0 saturated carbocycles. The van der Waals surface area contributed by atoms with Gasteiger partial charge in [-0.25, -0.2) is 0 Å². The van der Waals surface area contributed by atoms with Crippen LogP contribution in [0.4, 0.5) is 22.0 Å². The molecule has 0 aromatic rings. The Morgan fingerprint density at radius 3 is 2.07 bits per heavy atom. The maximum absolute atomic E-state index is 12.4. The Balaban J connectivity index is 4.79. The molecule has 1 atom stereocenters. The molecule has 7 heteroatoms. The van der Waals surface area contributed by atoms with E-state index < -0.39 is 21.8 Å². The van der Waals surface area contributed by atoms with Gasteiger partial charge in [0.1, 0.15) is 0 Å². The van der Waals surface area contributed by atoms with Gasteiger partial charge in [-0.2, -0.15) is 22.0 Å². The first-order chi connectivity index (χ1) is 6.12. The molecule has 0 aliphatic heterocycles. The smallest absolute Gasteiger partial charge is 0.388 e. The SMILES string of the molecule is CCC(O)/C(I)=C/C(F)(F)C(F)(F)F. The number of rotatable bonds is 3. The molecular weight excluding hydrogens is 322 g/mol. The van der Waals surface area contributed by atoms with E-state index in [0.717, 1.165) is 0 Å². The highest BCUT2D eigenvalue weighted by atomic mass is 127. The van der Waals surface area contributed by atoms with Gasteiger partial charge in [0, 0.05) is 9.66 Å². The van der Waals surface area contributed by atoms with E-state index in [0.29, 0.717) is 0 Å². The Kier molecular flexibility index (Phi) is 4.76. The molecule has 1 N–H and O–H groups in total. The lowest BCUT2D eigenvalue weighted by molar-refractivity contribution is -0.259. The second-order valence-electron chi connectivity index (χ2n) is 2.57. The van der Waals surface area contributed by atoms with Crippen LogP contribution in [-0.4, -0.2) is 23.3 Å². The maximum atomic E-state index is 12.4. The summed E-state index contributed by atoms with van der Waals surface area (Å²) in [5.41, 5.74) is 0. The van der Waals surface area contributed by atoms with E-state index in [1.807, 2.05) is 0 Å². The van der Waals surface area contributed by atoms with Crippen LogP contribution in [0.5, 0.6) is 0 Å². The fourth-order valence-electron chi connectivity index (χ4n) is 0.546. The van der Waals surface area contributed by atoms with Crippen molar-refractivity contribution in [1.82, 2.24) is 0 Å². The van der Waals surface area contributed by atoms with Crippen LogP contribution in [0.15, 0.2) is 9.66 Å². The second kappa shape index (κ2) is 4.73. The van der Waals surface area contributed by atoms with E-state index in [-0.39, 0.29) is 12.5 Å². The Hall–Kier alpha value is 0.0800. The van der Waals surface area contributed by atoms with E-state index in [4.69, 9.17) is 5.11 Å². The highest BCUT2D eigenvalue weighted by Crippen LogP contribution is 2.38. The van der Waals surface area contributed by atoms with Crippen molar-refractivity contribution in [2.24, 2.45) is 0 Å². The monoisotopic (exact) mass is 330 g/mol. The molecule has 0 bridgehead atoms. The van der Waals surface area contributed by atoms with Gasteiger partial charge in [0.2, 0.25) is 0 Å². The molecule has 1 nitrogen and oxygen atoms in total. The molecule has 84 valence electrons. The minimum atomic E-state index is -5.61. The summed E-state index contributed by atoms with van der Waals surface area (Å²) >= 11 is 1.26. The zero-order valence-corrected chi connectivity index (χ0v) is 9.23. The van der Waals surface area contributed by atoms with Crippen molar-refractivity contribution >= 4 is 22.6 Å². The van der Waals surface area contributed by atoms with Crippen LogP contribution in [0, 0.1) is 0 Å². The molecule has 1 unspecified atom stereocenters. The van der Waals surface area contributed by atoms with Crippen molar-refractivity contribution in [2.45, 2.75) is 31.5 Å². The van der Waals surface area contributed by atoms with Crippen LogP contribution >= 0.6 is 22.6 Å². The van der Waals surface area contributed by atoms with E-state index in [1.54, 1.807) is 0 Å². The number of hydrogen-bond donors (Lipinski definition) is 1. The molecule has 0 radical (unpaired) electrons. The summed E-state index contributed by atoms with van der Waals surface area (Å²) in [5.74, 6) is -4.89. The first-order valence-electron chi connectivity index (χ1n) is 3.62. The summed E-state index contributed by atoms with van der Waals surface area (Å²) in [4.78, 5) is 0. The van der Waals surface area contributed by atoms with Crippen LogP contribution in [0.3, 0.4) is 0 Å². The largest absolute Gasteiger partial charge is 0.457 e. The van der Waals surface area contributed by atoms with Crippen LogP contribution in [-0.2, 0) is 0 Å². The lowest BCUT2D eigenvalue weighted by Gasteiger charge is -2.17. The minimum Gasteiger partial charge on any atom is -0.388 e. The third-order valence-corrected chi connectivity index (χ3v) is 2.43. The van der Waals surface area contributed by atoms with Crippen molar-refractivity contribution in [2.75, 3.05) is 0 Å². The summed E-state index contributed by atoms with van der Waals surface area (Å²) in [6.07, 6.45) is -7.06. The van der Waals surface area contributed by atoms with Gasteiger partial charge in [0.15, 0.2) is 0 Å². The number of alkyl halides is 5. The fourth-order valence-corrected chi connectivity index (χ4v) is 1.38. The molecule has 14 heavy (non-hydrogen) atoms. The lowest BCUT2D eigenvalue weighted by atomic mass is 10.2. The predicted molar refractivity (Wildman–Crippen MR) is 49.4 cm³/mol. The standard InChI is InChI=1S/C7H8F5IO/c1-2-5(14)4(13)3-6(8,9)7(10,11)12/h3,5,14H,2H2,1H3/b4-3-. The summed E-state index contributed by atoms with van der Waals surface area (Å²) < 4.78 is 59.4. The Labute approximate surface area is 91.1 Å². The second-order valence-corrected chi connectivity index (χ2v) is 3.82. The Bertz CT molecular complexity index is 223. The number of halogens is 6. The molecule has 0 aliphatic rings.